The molecule has 1 saturated heterocycles. The quantitative estimate of drug-likeness (QED) is 0.755. The Kier molecular flexibility index (Phi) is 6.06. The molecule has 1 aromatic carbocycles. The Bertz CT molecular complexity index is 805. The summed E-state index contributed by atoms with van der Waals surface area (Å²) in [6.45, 7) is 3.58. The number of hydrogen-bond donors (Lipinski definition) is 0. The lowest BCUT2D eigenvalue weighted by atomic mass is 9.89. The number of hydrogen-bond acceptors (Lipinski definition) is 5. The third kappa shape index (κ3) is 4.65. The highest BCUT2D eigenvalue weighted by Crippen LogP contribution is 2.25. The third-order valence-electron chi connectivity index (χ3n) is 5.46. The lowest BCUT2D eigenvalue weighted by Gasteiger charge is -2.36. The Morgan fingerprint density at radius 1 is 0.846 bits per heavy atom. The minimum Gasteiger partial charge on any atom is -0.300 e. The zero-order valence-electron chi connectivity index (χ0n) is 15.3. The molecule has 1 heterocycles. The molecule has 0 N–H and O–H groups in total. The Hall–Kier alpha value is -0.960. The summed E-state index contributed by atoms with van der Waals surface area (Å²) in [6.07, 6.45) is 7.70. The molecule has 0 spiro atoms. The fraction of sp³-hybridized carbons (Fsp3) is 0.667. The van der Waals surface area contributed by atoms with Crippen LogP contribution in [0.25, 0.3) is 0 Å². The van der Waals surface area contributed by atoms with Crippen LogP contribution >= 0.6 is 0 Å². The van der Waals surface area contributed by atoms with Crippen molar-refractivity contribution in [2.45, 2.75) is 41.9 Å². The van der Waals surface area contributed by atoms with Crippen LogP contribution in [0, 0.1) is 5.92 Å². The van der Waals surface area contributed by atoms with E-state index in [-0.39, 0.29) is 9.79 Å². The second-order valence-corrected chi connectivity index (χ2v) is 11.4. The van der Waals surface area contributed by atoms with Crippen LogP contribution in [0.1, 0.15) is 32.1 Å². The number of benzene rings is 1. The van der Waals surface area contributed by atoms with Gasteiger partial charge in [-0.25, -0.2) is 16.8 Å². The number of sulfone groups is 1. The molecule has 0 unspecified atom stereocenters. The molecule has 0 bridgehead atoms. The van der Waals surface area contributed by atoms with Crippen molar-refractivity contribution in [3.63, 3.8) is 0 Å². The normalized spacial score (nSPS) is 21.7. The van der Waals surface area contributed by atoms with Crippen molar-refractivity contribution in [3.05, 3.63) is 24.3 Å². The third-order valence-corrected chi connectivity index (χ3v) is 8.50. The van der Waals surface area contributed by atoms with E-state index >= 15 is 0 Å². The highest BCUT2D eigenvalue weighted by atomic mass is 32.2. The van der Waals surface area contributed by atoms with E-state index in [0.29, 0.717) is 13.1 Å². The second kappa shape index (κ2) is 7.96. The molecule has 1 saturated carbocycles. The largest absolute Gasteiger partial charge is 0.300 e. The van der Waals surface area contributed by atoms with Crippen LogP contribution in [0.15, 0.2) is 34.1 Å². The summed E-state index contributed by atoms with van der Waals surface area (Å²) in [5, 5.41) is 0. The van der Waals surface area contributed by atoms with Crippen molar-refractivity contribution in [3.8, 4) is 0 Å². The second-order valence-electron chi connectivity index (χ2n) is 7.45. The first-order chi connectivity index (χ1) is 12.3. The van der Waals surface area contributed by atoms with Crippen molar-refractivity contribution >= 4 is 19.9 Å². The van der Waals surface area contributed by atoms with Gasteiger partial charge in [0, 0.05) is 39.0 Å². The minimum absolute atomic E-state index is 0.133. The maximum Gasteiger partial charge on any atom is 0.243 e. The van der Waals surface area contributed by atoms with Gasteiger partial charge in [-0.3, -0.25) is 0 Å². The lowest BCUT2D eigenvalue weighted by molar-refractivity contribution is 0.150. The van der Waals surface area contributed by atoms with E-state index in [2.05, 4.69) is 4.90 Å². The number of sulfonamides is 1. The van der Waals surface area contributed by atoms with Crippen molar-refractivity contribution in [2.75, 3.05) is 39.0 Å². The Balaban J connectivity index is 1.60. The summed E-state index contributed by atoms with van der Waals surface area (Å²) in [6, 6.07) is 5.50. The summed E-state index contributed by atoms with van der Waals surface area (Å²) >= 11 is 0. The maximum atomic E-state index is 12.8. The fourth-order valence-corrected chi connectivity index (χ4v) is 5.95. The molecular weight excluding hydrogens is 372 g/mol. The minimum atomic E-state index is -3.57. The molecule has 0 radical (unpaired) electrons. The van der Waals surface area contributed by atoms with Crippen molar-refractivity contribution in [1.82, 2.24) is 9.21 Å². The van der Waals surface area contributed by atoms with Gasteiger partial charge in [-0.05, 0) is 43.0 Å². The Morgan fingerprint density at radius 2 is 1.38 bits per heavy atom. The van der Waals surface area contributed by atoms with Gasteiger partial charge >= 0.3 is 0 Å². The molecule has 0 aromatic heterocycles. The number of piperazine rings is 1. The summed E-state index contributed by atoms with van der Waals surface area (Å²) in [5.74, 6) is 0.760. The number of nitrogens with zero attached hydrogens (tertiary/aromatic N) is 2. The molecule has 26 heavy (non-hydrogen) atoms. The molecule has 6 nitrogen and oxygen atoms in total. The van der Waals surface area contributed by atoms with E-state index in [9.17, 15) is 16.8 Å². The summed E-state index contributed by atoms with van der Waals surface area (Å²) in [4.78, 5) is 2.67. The van der Waals surface area contributed by atoms with Crippen molar-refractivity contribution in [2.24, 2.45) is 5.92 Å². The predicted octanol–water partition coefficient (Wildman–Crippen LogP) is 1.98. The van der Waals surface area contributed by atoms with E-state index in [1.807, 2.05) is 0 Å². The van der Waals surface area contributed by atoms with Gasteiger partial charge in [0.15, 0.2) is 9.84 Å². The molecule has 1 aromatic rings. The van der Waals surface area contributed by atoms with E-state index < -0.39 is 19.9 Å². The summed E-state index contributed by atoms with van der Waals surface area (Å²) in [5.41, 5.74) is 0. The topological polar surface area (TPSA) is 74.8 Å². The Labute approximate surface area is 157 Å². The molecule has 0 atom stereocenters. The molecule has 8 heteroatoms. The van der Waals surface area contributed by atoms with Crippen molar-refractivity contribution < 1.29 is 16.8 Å². The molecule has 1 aliphatic heterocycles. The first-order valence-corrected chi connectivity index (χ1v) is 12.6. The van der Waals surface area contributed by atoms with Crippen LogP contribution in [0.2, 0.25) is 0 Å². The van der Waals surface area contributed by atoms with E-state index in [1.54, 1.807) is 0 Å². The highest BCUT2D eigenvalue weighted by Gasteiger charge is 2.29. The lowest BCUT2D eigenvalue weighted by Crippen LogP contribution is -2.49. The van der Waals surface area contributed by atoms with Crippen LogP contribution in [0.5, 0.6) is 0 Å². The predicted molar refractivity (Wildman–Crippen MR) is 101 cm³/mol. The monoisotopic (exact) mass is 400 g/mol. The number of rotatable bonds is 5. The summed E-state index contributed by atoms with van der Waals surface area (Å²) in [7, 11) is -6.90. The van der Waals surface area contributed by atoms with Gasteiger partial charge in [0.2, 0.25) is 10.0 Å². The molecular formula is C18H28N2O4S2. The fourth-order valence-electron chi connectivity index (χ4n) is 3.90. The van der Waals surface area contributed by atoms with E-state index in [1.165, 1.54) is 60.7 Å². The van der Waals surface area contributed by atoms with E-state index in [0.717, 1.165) is 31.8 Å². The van der Waals surface area contributed by atoms with Gasteiger partial charge in [-0.2, -0.15) is 4.31 Å². The zero-order chi connectivity index (χ0) is 18.8. The van der Waals surface area contributed by atoms with E-state index in [4.69, 9.17) is 0 Å². The standard InChI is InChI=1S/C18H28N2O4S2/c1-25(21,22)17-7-9-18(10-8-17)26(23,24)20-13-11-19(12-14-20)15-16-5-3-2-4-6-16/h7-10,16H,2-6,11-15H2,1H3. The Morgan fingerprint density at radius 3 is 1.92 bits per heavy atom. The molecule has 2 fully saturated rings. The molecule has 146 valence electrons. The SMILES string of the molecule is CS(=O)(=O)c1ccc(S(=O)(=O)N2CCN(CC3CCCCC3)CC2)cc1. The van der Waals surface area contributed by atoms with Crippen LogP contribution in [0.4, 0.5) is 0 Å². The van der Waals surface area contributed by atoms with Gasteiger partial charge < -0.3 is 4.90 Å². The van der Waals surface area contributed by atoms with Crippen LogP contribution < -0.4 is 0 Å². The molecule has 0 amide bonds. The first-order valence-electron chi connectivity index (χ1n) is 9.29. The van der Waals surface area contributed by atoms with Crippen LogP contribution in [-0.2, 0) is 19.9 Å². The maximum absolute atomic E-state index is 12.8. The van der Waals surface area contributed by atoms with Gasteiger partial charge in [-0.1, -0.05) is 19.3 Å². The van der Waals surface area contributed by atoms with Gasteiger partial charge in [0.1, 0.15) is 0 Å². The zero-order valence-corrected chi connectivity index (χ0v) is 16.9. The highest BCUT2D eigenvalue weighted by molar-refractivity contribution is 7.90. The van der Waals surface area contributed by atoms with Gasteiger partial charge in [0.25, 0.3) is 0 Å². The molecule has 3 rings (SSSR count). The smallest absolute Gasteiger partial charge is 0.243 e. The van der Waals surface area contributed by atoms with Crippen LogP contribution in [0.3, 0.4) is 0 Å². The van der Waals surface area contributed by atoms with Crippen LogP contribution in [-0.4, -0.2) is 65.0 Å². The van der Waals surface area contributed by atoms with Gasteiger partial charge in [-0.15, -0.1) is 0 Å². The molecule has 2 aliphatic rings. The first kappa shape index (κ1) is 19.8. The van der Waals surface area contributed by atoms with Crippen molar-refractivity contribution in [1.29, 1.82) is 0 Å². The molecule has 1 aliphatic carbocycles. The average Bonchev–Trinajstić information content (AvgIpc) is 2.62. The summed E-state index contributed by atoms with van der Waals surface area (Å²) < 4.78 is 50.2. The average molecular weight is 401 g/mol. The van der Waals surface area contributed by atoms with Gasteiger partial charge in [0.05, 0.1) is 9.79 Å².